The summed E-state index contributed by atoms with van der Waals surface area (Å²) in [7, 11) is 4.29. The fourth-order valence-electron chi connectivity index (χ4n) is 2.93. The third kappa shape index (κ3) is 3.01. The summed E-state index contributed by atoms with van der Waals surface area (Å²) in [5, 5.41) is 16.8. The van der Waals surface area contributed by atoms with Gasteiger partial charge in [0.15, 0.2) is 5.82 Å². The van der Waals surface area contributed by atoms with E-state index in [2.05, 4.69) is 39.4 Å². The molecule has 3 atom stereocenters. The van der Waals surface area contributed by atoms with E-state index < -0.39 is 0 Å². The standard InChI is InChI=1S/C13H23N5O2/c1-17-3-4-18(2)9(8-17)5-12-15-13(20-16-12)11-6-10(19)7-14-11/h9-11,14,19H,3-8H2,1-2H3. The van der Waals surface area contributed by atoms with Crippen molar-refractivity contribution in [1.82, 2.24) is 25.3 Å². The molecule has 0 bridgehead atoms. The normalized spacial score (nSPS) is 32.9. The van der Waals surface area contributed by atoms with Gasteiger partial charge < -0.3 is 24.7 Å². The van der Waals surface area contributed by atoms with Gasteiger partial charge in [-0.05, 0) is 20.5 Å². The maximum atomic E-state index is 9.53. The minimum atomic E-state index is -0.312. The van der Waals surface area contributed by atoms with Gasteiger partial charge in [0.25, 0.3) is 0 Å². The predicted octanol–water partition coefficient (Wildman–Crippen LogP) is -0.747. The Morgan fingerprint density at radius 2 is 2.25 bits per heavy atom. The molecule has 20 heavy (non-hydrogen) atoms. The van der Waals surface area contributed by atoms with Crippen LogP contribution in [0.3, 0.4) is 0 Å². The molecule has 0 amide bonds. The van der Waals surface area contributed by atoms with Crippen molar-refractivity contribution in [3.05, 3.63) is 11.7 Å². The molecule has 0 aliphatic carbocycles. The first kappa shape index (κ1) is 13.9. The van der Waals surface area contributed by atoms with Crippen LogP contribution in [0, 0.1) is 0 Å². The second-order valence-corrected chi connectivity index (χ2v) is 6.00. The van der Waals surface area contributed by atoms with Crippen LogP contribution < -0.4 is 5.32 Å². The van der Waals surface area contributed by atoms with Gasteiger partial charge in [-0.2, -0.15) is 4.98 Å². The largest absolute Gasteiger partial charge is 0.392 e. The van der Waals surface area contributed by atoms with Crippen molar-refractivity contribution < 1.29 is 9.63 Å². The van der Waals surface area contributed by atoms with Crippen molar-refractivity contribution in [1.29, 1.82) is 0 Å². The fourth-order valence-corrected chi connectivity index (χ4v) is 2.93. The van der Waals surface area contributed by atoms with E-state index in [-0.39, 0.29) is 12.1 Å². The third-order valence-electron chi connectivity index (χ3n) is 4.29. The number of hydrogen-bond acceptors (Lipinski definition) is 7. The number of aliphatic hydroxyl groups excluding tert-OH is 1. The van der Waals surface area contributed by atoms with Gasteiger partial charge in [0.1, 0.15) is 0 Å². The maximum absolute atomic E-state index is 9.53. The fraction of sp³-hybridized carbons (Fsp3) is 0.846. The molecule has 7 nitrogen and oxygen atoms in total. The van der Waals surface area contributed by atoms with Gasteiger partial charge in [0.2, 0.25) is 5.89 Å². The third-order valence-corrected chi connectivity index (χ3v) is 4.29. The van der Waals surface area contributed by atoms with Crippen LogP contribution in [-0.4, -0.2) is 77.5 Å². The van der Waals surface area contributed by atoms with Crippen molar-refractivity contribution in [2.24, 2.45) is 0 Å². The van der Waals surface area contributed by atoms with Crippen LogP contribution in [-0.2, 0) is 6.42 Å². The molecule has 3 rings (SSSR count). The van der Waals surface area contributed by atoms with E-state index in [0.717, 1.165) is 31.9 Å². The molecule has 0 aromatic carbocycles. The van der Waals surface area contributed by atoms with Crippen LogP contribution in [0.2, 0.25) is 0 Å². The number of piperazine rings is 1. The Morgan fingerprint density at radius 3 is 3.00 bits per heavy atom. The number of rotatable bonds is 3. The molecule has 112 valence electrons. The molecule has 0 saturated carbocycles. The highest BCUT2D eigenvalue weighted by Gasteiger charge is 2.29. The van der Waals surface area contributed by atoms with E-state index in [0.29, 0.717) is 24.9 Å². The molecule has 2 aliphatic heterocycles. The first-order valence-electron chi connectivity index (χ1n) is 7.24. The molecule has 1 aromatic heterocycles. The lowest BCUT2D eigenvalue weighted by Crippen LogP contribution is -2.50. The summed E-state index contributed by atoms with van der Waals surface area (Å²) in [6.07, 6.45) is 1.14. The highest BCUT2D eigenvalue weighted by atomic mass is 16.5. The van der Waals surface area contributed by atoms with E-state index in [9.17, 15) is 5.11 Å². The average molecular weight is 281 g/mol. The lowest BCUT2D eigenvalue weighted by atomic mass is 10.1. The van der Waals surface area contributed by atoms with E-state index >= 15 is 0 Å². The maximum Gasteiger partial charge on any atom is 0.243 e. The van der Waals surface area contributed by atoms with Crippen molar-refractivity contribution in [2.75, 3.05) is 40.3 Å². The first-order valence-corrected chi connectivity index (χ1v) is 7.24. The van der Waals surface area contributed by atoms with E-state index in [4.69, 9.17) is 4.52 Å². The van der Waals surface area contributed by atoms with Crippen LogP contribution in [0.5, 0.6) is 0 Å². The predicted molar refractivity (Wildman–Crippen MR) is 73.3 cm³/mol. The molecule has 3 unspecified atom stereocenters. The zero-order valence-electron chi connectivity index (χ0n) is 12.1. The van der Waals surface area contributed by atoms with Gasteiger partial charge in [-0.1, -0.05) is 5.16 Å². The van der Waals surface area contributed by atoms with Crippen molar-refractivity contribution in [2.45, 2.75) is 31.0 Å². The zero-order chi connectivity index (χ0) is 14.1. The summed E-state index contributed by atoms with van der Waals surface area (Å²) >= 11 is 0. The van der Waals surface area contributed by atoms with Crippen LogP contribution >= 0.6 is 0 Å². The monoisotopic (exact) mass is 281 g/mol. The number of aliphatic hydroxyl groups is 1. The van der Waals surface area contributed by atoms with Crippen LogP contribution in [0.1, 0.15) is 24.2 Å². The van der Waals surface area contributed by atoms with Crippen LogP contribution in [0.4, 0.5) is 0 Å². The summed E-state index contributed by atoms with van der Waals surface area (Å²) in [6, 6.07) is 0.430. The van der Waals surface area contributed by atoms with Gasteiger partial charge in [0, 0.05) is 38.6 Å². The van der Waals surface area contributed by atoms with Gasteiger partial charge in [-0.15, -0.1) is 0 Å². The number of β-amino-alcohol motifs (C(OH)–C–C–N with tert-alkyl or cyclic N) is 1. The average Bonchev–Trinajstić information content (AvgIpc) is 3.03. The number of nitrogens with zero attached hydrogens (tertiary/aromatic N) is 4. The van der Waals surface area contributed by atoms with Crippen molar-refractivity contribution >= 4 is 0 Å². The van der Waals surface area contributed by atoms with Crippen LogP contribution in [0.15, 0.2) is 4.52 Å². The first-order chi connectivity index (χ1) is 9.61. The minimum absolute atomic E-state index is 0.00184. The summed E-state index contributed by atoms with van der Waals surface area (Å²) in [6.45, 7) is 3.80. The van der Waals surface area contributed by atoms with E-state index in [1.54, 1.807) is 0 Å². The van der Waals surface area contributed by atoms with Gasteiger partial charge >= 0.3 is 0 Å². The lowest BCUT2D eigenvalue weighted by molar-refractivity contribution is 0.113. The summed E-state index contributed by atoms with van der Waals surface area (Å²) in [5.41, 5.74) is 0. The minimum Gasteiger partial charge on any atom is -0.392 e. The molecule has 1 aromatic rings. The zero-order valence-corrected chi connectivity index (χ0v) is 12.1. The molecule has 2 saturated heterocycles. The van der Waals surface area contributed by atoms with Gasteiger partial charge in [0.05, 0.1) is 12.1 Å². The molecule has 2 aliphatic rings. The molecule has 7 heteroatoms. The second kappa shape index (κ2) is 5.77. The second-order valence-electron chi connectivity index (χ2n) is 6.00. The topological polar surface area (TPSA) is 77.7 Å². The smallest absolute Gasteiger partial charge is 0.243 e. The Balaban J connectivity index is 1.62. The van der Waals surface area contributed by atoms with Crippen molar-refractivity contribution in [3.8, 4) is 0 Å². The molecule has 2 fully saturated rings. The Hall–Kier alpha value is -1.02. The van der Waals surface area contributed by atoms with E-state index in [1.165, 1.54) is 0 Å². The number of aromatic nitrogens is 2. The molecular weight excluding hydrogens is 258 g/mol. The SMILES string of the molecule is CN1CCN(C)C(Cc2noc(C3CC(O)CN3)n2)C1. The summed E-state index contributed by atoms with van der Waals surface area (Å²) in [4.78, 5) is 9.17. The van der Waals surface area contributed by atoms with Gasteiger partial charge in [-0.25, -0.2) is 0 Å². The number of likely N-dealkylation sites (N-methyl/N-ethyl adjacent to an activating group) is 2. The van der Waals surface area contributed by atoms with E-state index in [1.807, 2.05) is 0 Å². The molecule has 2 N–H and O–H groups in total. The van der Waals surface area contributed by atoms with Gasteiger partial charge in [-0.3, -0.25) is 0 Å². The summed E-state index contributed by atoms with van der Waals surface area (Å²) in [5.74, 6) is 1.36. The Morgan fingerprint density at radius 1 is 1.40 bits per heavy atom. The molecule has 0 spiro atoms. The summed E-state index contributed by atoms with van der Waals surface area (Å²) < 4.78 is 5.33. The molecular formula is C13H23N5O2. The van der Waals surface area contributed by atoms with Crippen LogP contribution in [0.25, 0.3) is 0 Å². The lowest BCUT2D eigenvalue weighted by Gasteiger charge is -2.37. The quantitative estimate of drug-likeness (QED) is 0.755. The molecule has 0 radical (unpaired) electrons. The number of hydrogen-bond donors (Lipinski definition) is 2. The Kier molecular flexibility index (Phi) is 4.02. The molecule has 3 heterocycles. The number of nitrogens with one attached hydrogen (secondary N) is 1. The highest BCUT2D eigenvalue weighted by Crippen LogP contribution is 2.22. The highest BCUT2D eigenvalue weighted by molar-refractivity contribution is 4.99. The Labute approximate surface area is 118 Å². The Bertz CT molecular complexity index is 452. The van der Waals surface area contributed by atoms with Crippen molar-refractivity contribution in [3.63, 3.8) is 0 Å².